The predicted octanol–water partition coefficient (Wildman–Crippen LogP) is 2.39. The van der Waals surface area contributed by atoms with Crippen molar-refractivity contribution in [2.75, 3.05) is 24.7 Å². The van der Waals surface area contributed by atoms with Crippen LogP contribution in [0.4, 0.5) is 5.69 Å². The van der Waals surface area contributed by atoms with E-state index >= 15 is 0 Å². The van der Waals surface area contributed by atoms with E-state index in [1.54, 1.807) is 38.1 Å². The number of hydrogen-bond donors (Lipinski definition) is 2. The molecule has 0 aliphatic carbocycles. The number of ether oxygens (including phenoxy) is 3. The van der Waals surface area contributed by atoms with Crippen molar-refractivity contribution in [1.82, 2.24) is 0 Å². The summed E-state index contributed by atoms with van der Waals surface area (Å²) < 4.78 is 16.4. The summed E-state index contributed by atoms with van der Waals surface area (Å²) in [4.78, 5) is 38.6. The average molecular weight is 452 g/mol. The Balaban J connectivity index is 2.20. The number of carbonyl (C=O) groups excluding carboxylic acids is 2. The Labute approximate surface area is 188 Å². The standard InChI is InChI=1S/C23H33NO8/c1-22(2,3)14-17(25)32-19(21(27)28)18-20(26)24(11-13-31-18)15-8-6-7-9-16(15)30-12-10-23(4,5)29/h6-9,18-19,29H,10-14H2,1-5H3,(H,27,28)/t18-,19-/m1/s1. The van der Waals surface area contributed by atoms with E-state index in [2.05, 4.69) is 0 Å². The highest BCUT2D eigenvalue weighted by molar-refractivity contribution is 6.01. The maximum Gasteiger partial charge on any atom is 0.348 e. The molecular weight excluding hydrogens is 418 g/mol. The van der Waals surface area contributed by atoms with Crippen LogP contribution in [0.3, 0.4) is 0 Å². The Morgan fingerprint density at radius 1 is 1.22 bits per heavy atom. The first-order chi connectivity index (χ1) is 14.8. The average Bonchev–Trinajstić information content (AvgIpc) is 2.65. The summed E-state index contributed by atoms with van der Waals surface area (Å²) in [5, 5.41) is 19.5. The number of morpholine rings is 1. The molecule has 1 aliphatic heterocycles. The molecule has 32 heavy (non-hydrogen) atoms. The topological polar surface area (TPSA) is 123 Å². The highest BCUT2D eigenvalue weighted by Gasteiger charge is 2.43. The number of nitrogens with zero attached hydrogens (tertiary/aromatic N) is 1. The first-order valence-corrected chi connectivity index (χ1v) is 10.6. The van der Waals surface area contributed by atoms with Crippen molar-refractivity contribution in [3.8, 4) is 5.75 Å². The van der Waals surface area contributed by atoms with Crippen molar-refractivity contribution in [3.63, 3.8) is 0 Å². The molecule has 1 saturated heterocycles. The Bertz CT molecular complexity index is 824. The van der Waals surface area contributed by atoms with Gasteiger partial charge in [-0.2, -0.15) is 0 Å². The summed E-state index contributed by atoms with van der Waals surface area (Å²) in [5.41, 5.74) is -0.851. The van der Waals surface area contributed by atoms with E-state index in [1.165, 1.54) is 4.90 Å². The summed E-state index contributed by atoms with van der Waals surface area (Å²) in [6.45, 7) is 9.29. The van der Waals surface area contributed by atoms with Gasteiger partial charge in [-0.05, 0) is 31.4 Å². The second-order valence-corrected chi connectivity index (χ2v) is 9.65. The van der Waals surface area contributed by atoms with Gasteiger partial charge in [0.15, 0.2) is 6.10 Å². The second kappa shape index (κ2) is 10.3. The molecule has 178 valence electrons. The SMILES string of the molecule is CC(C)(C)CC(=O)O[C@@H](C(=O)O)[C@H]1OCCN(c2ccccc2OCCC(C)(C)O)C1=O. The Morgan fingerprint density at radius 2 is 1.88 bits per heavy atom. The van der Waals surface area contributed by atoms with Crippen molar-refractivity contribution >= 4 is 23.5 Å². The number of benzene rings is 1. The number of aliphatic carboxylic acids is 1. The highest BCUT2D eigenvalue weighted by atomic mass is 16.6. The summed E-state index contributed by atoms with van der Waals surface area (Å²) in [6, 6.07) is 6.85. The van der Waals surface area contributed by atoms with Crippen LogP contribution < -0.4 is 9.64 Å². The molecule has 1 fully saturated rings. The fourth-order valence-corrected chi connectivity index (χ4v) is 3.13. The molecule has 9 heteroatoms. The van der Waals surface area contributed by atoms with Gasteiger partial charge in [0.2, 0.25) is 6.10 Å². The molecule has 9 nitrogen and oxygen atoms in total. The molecule has 0 spiro atoms. The van der Waals surface area contributed by atoms with Gasteiger partial charge in [0.25, 0.3) is 5.91 Å². The third-order valence-corrected chi connectivity index (χ3v) is 4.70. The number of carboxylic acid groups (broad SMARTS) is 1. The lowest BCUT2D eigenvalue weighted by atomic mass is 9.92. The van der Waals surface area contributed by atoms with Crippen LogP contribution in [0.25, 0.3) is 0 Å². The molecule has 0 unspecified atom stereocenters. The minimum atomic E-state index is -1.76. The zero-order valence-electron chi connectivity index (χ0n) is 19.3. The number of amides is 1. The number of esters is 1. The molecule has 0 saturated carbocycles. The van der Waals surface area contributed by atoms with Gasteiger partial charge in [-0.25, -0.2) is 4.79 Å². The van der Waals surface area contributed by atoms with Crippen molar-refractivity contribution in [2.24, 2.45) is 5.41 Å². The van der Waals surface area contributed by atoms with Gasteiger partial charge in [0.05, 0.1) is 30.9 Å². The van der Waals surface area contributed by atoms with Crippen LogP contribution in [0.5, 0.6) is 5.75 Å². The summed E-state index contributed by atoms with van der Waals surface area (Å²) in [7, 11) is 0. The summed E-state index contributed by atoms with van der Waals surface area (Å²) in [5.74, 6) is -2.39. The zero-order chi connectivity index (χ0) is 24.1. The monoisotopic (exact) mass is 451 g/mol. The number of aliphatic hydroxyl groups is 1. The molecule has 1 aromatic carbocycles. The third kappa shape index (κ3) is 7.49. The lowest BCUT2D eigenvalue weighted by Crippen LogP contribution is -2.56. The molecule has 0 bridgehead atoms. The number of carbonyl (C=O) groups is 3. The Kier molecular flexibility index (Phi) is 8.25. The van der Waals surface area contributed by atoms with Crippen LogP contribution in [0, 0.1) is 5.41 Å². The molecular formula is C23H33NO8. The van der Waals surface area contributed by atoms with Gasteiger partial charge in [-0.1, -0.05) is 32.9 Å². The number of para-hydroxylation sites is 2. The molecule has 1 aromatic rings. The highest BCUT2D eigenvalue weighted by Crippen LogP contribution is 2.31. The minimum absolute atomic E-state index is 0.000711. The molecule has 0 radical (unpaired) electrons. The molecule has 2 rings (SSSR count). The quantitative estimate of drug-likeness (QED) is 0.549. The van der Waals surface area contributed by atoms with E-state index in [0.29, 0.717) is 17.9 Å². The maximum absolute atomic E-state index is 13.2. The molecule has 1 amide bonds. The maximum atomic E-state index is 13.2. The van der Waals surface area contributed by atoms with Gasteiger partial charge in [-0.3, -0.25) is 9.59 Å². The van der Waals surface area contributed by atoms with Crippen molar-refractivity contribution in [3.05, 3.63) is 24.3 Å². The normalized spacial score (nSPS) is 18.2. The van der Waals surface area contributed by atoms with Crippen molar-refractivity contribution in [2.45, 2.75) is 65.3 Å². The Hall–Kier alpha value is -2.65. The largest absolute Gasteiger partial charge is 0.491 e. The van der Waals surface area contributed by atoms with Gasteiger partial charge in [0.1, 0.15) is 5.75 Å². The van der Waals surface area contributed by atoms with Crippen molar-refractivity contribution in [1.29, 1.82) is 0 Å². The number of rotatable bonds is 9. The molecule has 0 aromatic heterocycles. The van der Waals surface area contributed by atoms with Crippen LogP contribution in [0.1, 0.15) is 47.5 Å². The summed E-state index contributed by atoms with van der Waals surface area (Å²) >= 11 is 0. The number of hydrogen-bond acceptors (Lipinski definition) is 7. The van der Waals surface area contributed by atoms with Crippen molar-refractivity contribution < 1.29 is 38.8 Å². The van der Waals surface area contributed by atoms with E-state index in [-0.39, 0.29) is 26.2 Å². The lowest BCUT2D eigenvalue weighted by Gasteiger charge is -2.35. The van der Waals surface area contributed by atoms with Crippen LogP contribution in [-0.2, 0) is 23.9 Å². The third-order valence-electron chi connectivity index (χ3n) is 4.70. The predicted molar refractivity (Wildman–Crippen MR) is 117 cm³/mol. The van der Waals surface area contributed by atoms with E-state index < -0.39 is 41.1 Å². The van der Waals surface area contributed by atoms with E-state index in [9.17, 15) is 24.6 Å². The number of anilines is 1. The minimum Gasteiger partial charge on any atom is -0.491 e. The lowest BCUT2D eigenvalue weighted by molar-refractivity contribution is -0.179. The molecule has 2 atom stereocenters. The van der Waals surface area contributed by atoms with E-state index in [1.807, 2.05) is 20.8 Å². The van der Waals surface area contributed by atoms with Crippen LogP contribution in [0.15, 0.2) is 24.3 Å². The van der Waals surface area contributed by atoms with E-state index in [0.717, 1.165) is 0 Å². The smallest absolute Gasteiger partial charge is 0.348 e. The van der Waals surface area contributed by atoms with Crippen LogP contribution >= 0.6 is 0 Å². The molecule has 2 N–H and O–H groups in total. The van der Waals surface area contributed by atoms with Crippen LogP contribution in [0.2, 0.25) is 0 Å². The Morgan fingerprint density at radius 3 is 2.47 bits per heavy atom. The number of carboxylic acids is 1. The fraction of sp³-hybridized carbons (Fsp3) is 0.609. The first-order valence-electron chi connectivity index (χ1n) is 10.6. The molecule has 1 heterocycles. The van der Waals surface area contributed by atoms with Crippen LogP contribution in [-0.4, -0.2) is 65.6 Å². The second-order valence-electron chi connectivity index (χ2n) is 9.65. The first kappa shape index (κ1) is 25.6. The molecule has 1 aliphatic rings. The fourth-order valence-electron chi connectivity index (χ4n) is 3.13. The zero-order valence-corrected chi connectivity index (χ0v) is 19.3. The van der Waals surface area contributed by atoms with E-state index in [4.69, 9.17) is 14.2 Å². The van der Waals surface area contributed by atoms with Gasteiger partial charge < -0.3 is 29.3 Å². The summed E-state index contributed by atoms with van der Waals surface area (Å²) in [6.07, 6.45) is -2.86. The van der Waals surface area contributed by atoms with Gasteiger partial charge >= 0.3 is 11.9 Å². The van der Waals surface area contributed by atoms with Gasteiger partial charge in [0, 0.05) is 13.0 Å². The van der Waals surface area contributed by atoms with Gasteiger partial charge in [-0.15, -0.1) is 0 Å².